The lowest BCUT2D eigenvalue weighted by Crippen LogP contribution is -2.44. The largest absolute Gasteiger partial charge is 0.401 e. The smallest absolute Gasteiger partial charge is 0.385 e. The summed E-state index contributed by atoms with van der Waals surface area (Å²) < 4.78 is 46.1. The number of halogens is 3. The van der Waals surface area contributed by atoms with Crippen LogP contribution in [-0.4, -0.2) is 70.7 Å². The van der Waals surface area contributed by atoms with Crippen LogP contribution in [0.3, 0.4) is 0 Å². The van der Waals surface area contributed by atoms with Crippen LogP contribution in [0.1, 0.15) is 13.3 Å². The maximum atomic E-state index is 12.0. The number of nitrogens with zero attached hydrogens (tertiary/aromatic N) is 1. The molecular weight excluding hydrogens is 261 g/mol. The molecule has 0 aliphatic carbocycles. The van der Waals surface area contributed by atoms with E-state index in [1.165, 1.54) is 0 Å². The van der Waals surface area contributed by atoms with Crippen molar-refractivity contribution in [3.8, 4) is 0 Å². The number of hydrogen-bond donors (Lipinski definition) is 1. The monoisotopic (exact) mass is 286 g/mol. The summed E-state index contributed by atoms with van der Waals surface area (Å²) in [4.78, 5) is 2.10. The minimum absolute atomic E-state index is 0.0226. The van der Waals surface area contributed by atoms with Crippen LogP contribution in [0.25, 0.3) is 0 Å². The molecule has 1 N–H and O–H groups in total. The van der Waals surface area contributed by atoms with Gasteiger partial charge >= 0.3 is 6.18 Å². The first-order chi connectivity index (χ1) is 8.90. The molecule has 0 aromatic heterocycles. The van der Waals surface area contributed by atoms with Crippen molar-refractivity contribution in [3.05, 3.63) is 0 Å². The van der Waals surface area contributed by atoms with E-state index in [2.05, 4.69) is 10.2 Å². The normalized spacial score (nSPS) is 14.1. The van der Waals surface area contributed by atoms with Crippen molar-refractivity contribution in [1.29, 1.82) is 0 Å². The van der Waals surface area contributed by atoms with Crippen LogP contribution in [0.5, 0.6) is 0 Å². The average molecular weight is 286 g/mol. The highest BCUT2D eigenvalue weighted by molar-refractivity contribution is 4.71. The summed E-state index contributed by atoms with van der Waals surface area (Å²) in [6, 6.07) is 0.0226. The third-order valence-electron chi connectivity index (χ3n) is 2.76. The lowest BCUT2D eigenvalue weighted by Gasteiger charge is -2.29. The van der Waals surface area contributed by atoms with Gasteiger partial charge in [0.05, 0.1) is 13.2 Å². The summed E-state index contributed by atoms with van der Waals surface area (Å²) in [6.45, 7) is 3.96. The van der Waals surface area contributed by atoms with Gasteiger partial charge in [-0.15, -0.1) is 0 Å². The SMILES string of the molecule is COCCCN(CCOC)C(C)CNCC(F)(F)F. The number of rotatable bonds is 11. The van der Waals surface area contributed by atoms with Crippen LogP contribution in [0.15, 0.2) is 0 Å². The Morgan fingerprint density at radius 1 is 1.11 bits per heavy atom. The van der Waals surface area contributed by atoms with Gasteiger partial charge < -0.3 is 14.8 Å². The van der Waals surface area contributed by atoms with E-state index in [0.29, 0.717) is 26.3 Å². The second-order valence-corrected chi connectivity index (χ2v) is 4.47. The van der Waals surface area contributed by atoms with E-state index in [9.17, 15) is 13.2 Å². The minimum atomic E-state index is -4.16. The van der Waals surface area contributed by atoms with Gasteiger partial charge in [-0.25, -0.2) is 0 Å². The standard InChI is InChI=1S/C12H25F3N2O2/c1-11(9-16-10-12(13,14)15)17(6-8-19-3)5-4-7-18-2/h11,16H,4-10H2,1-3H3. The Labute approximate surface area is 113 Å². The van der Waals surface area contributed by atoms with Gasteiger partial charge in [0.15, 0.2) is 0 Å². The maximum absolute atomic E-state index is 12.0. The molecule has 0 saturated heterocycles. The maximum Gasteiger partial charge on any atom is 0.401 e. The summed E-state index contributed by atoms with van der Waals surface area (Å²) in [7, 11) is 3.24. The lowest BCUT2D eigenvalue weighted by molar-refractivity contribution is -0.125. The fraction of sp³-hybridized carbons (Fsp3) is 1.00. The number of alkyl halides is 3. The van der Waals surface area contributed by atoms with Crippen molar-refractivity contribution < 1.29 is 22.6 Å². The molecule has 116 valence electrons. The Morgan fingerprint density at radius 3 is 2.26 bits per heavy atom. The van der Waals surface area contributed by atoms with Crippen molar-refractivity contribution >= 4 is 0 Å². The van der Waals surface area contributed by atoms with Gasteiger partial charge in [0.2, 0.25) is 0 Å². The van der Waals surface area contributed by atoms with E-state index in [0.717, 1.165) is 13.0 Å². The van der Waals surface area contributed by atoms with E-state index in [1.54, 1.807) is 14.2 Å². The van der Waals surface area contributed by atoms with Gasteiger partial charge in [-0.3, -0.25) is 4.90 Å². The van der Waals surface area contributed by atoms with E-state index < -0.39 is 12.7 Å². The van der Waals surface area contributed by atoms with Crippen LogP contribution in [0.4, 0.5) is 13.2 Å². The van der Waals surface area contributed by atoms with Crippen LogP contribution in [-0.2, 0) is 9.47 Å². The fourth-order valence-electron chi connectivity index (χ4n) is 1.72. The number of methoxy groups -OCH3 is 2. The topological polar surface area (TPSA) is 33.7 Å². The molecule has 1 unspecified atom stereocenters. The van der Waals surface area contributed by atoms with Crippen molar-refractivity contribution in [3.63, 3.8) is 0 Å². The zero-order valence-corrected chi connectivity index (χ0v) is 11.9. The molecule has 0 bridgehead atoms. The molecule has 0 rings (SSSR count). The molecule has 7 heteroatoms. The zero-order valence-electron chi connectivity index (χ0n) is 11.9. The molecule has 1 atom stereocenters. The molecule has 0 fully saturated rings. The molecule has 19 heavy (non-hydrogen) atoms. The molecule has 4 nitrogen and oxygen atoms in total. The predicted molar refractivity (Wildman–Crippen MR) is 68.3 cm³/mol. The summed E-state index contributed by atoms with van der Waals surface area (Å²) in [6.07, 6.45) is -3.31. The van der Waals surface area contributed by atoms with Crippen LogP contribution in [0, 0.1) is 0 Å². The Morgan fingerprint density at radius 2 is 1.74 bits per heavy atom. The van der Waals surface area contributed by atoms with Crippen molar-refractivity contribution in [2.45, 2.75) is 25.6 Å². The van der Waals surface area contributed by atoms with E-state index >= 15 is 0 Å². The van der Waals surface area contributed by atoms with Crippen molar-refractivity contribution in [2.75, 3.05) is 53.6 Å². The number of hydrogen-bond acceptors (Lipinski definition) is 4. The molecule has 0 aromatic carbocycles. The van der Waals surface area contributed by atoms with Gasteiger partial charge in [0.25, 0.3) is 0 Å². The van der Waals surface area contributed by atoms with E-state index in [-0.39, 0.29) is 6.04 Å². The highest BCUT2D eigenvalue weighted by Gasteiger charge is 2.26. The van der Waals surface area contributed by atoms with Crippen LogP contribution < -0.4 is 5.32 Å². The quantitative estimate of drug-likeness (QED) is 0.584. The van der Waals surface area contributed by atoms with Gasteiger partial charge in [-0.2, -0.15) is 13.2 Å². The Balaban J connectivity index is 4.01. The number of ether oxygens (including phenoxy) is 2. The summed E-state index contributed by atoms with van der Waals surface area (Å²) in [5.74, 6) is 0. The second-order valence-electron chi connectivity index (χ2n) is 4.47. The third kappa shape index (κ3) is 11.2. The molecule has 0 aliphatic rings. The highest BCUT2D eigenvalue weighted by Crippen LogP contribution is 2.12. The summed E-state index contributed by atoms with van der Waals surface area (Å²) in [5, 5.41) is 2.43. The zero-order chi connectivity index (χ0) is 14.7. The second kappa shape index (κ2) is 10.4. The molecule has 0 aliphatic heterocycles. The third-order valence-corrected chi connectivity index (χ3v) is 2.76. The highest BCUT2D eigenvalue weighted by atomic mass is 19.4. The van der Waals surface area contributed by atoms with Crippen molar-refractivity contribution in [1.82, 2.24) is 10.2 Å². The Bertz CT molecular complexity index is 216. The van der Waals surface area contributed by atoms with Crippen LogP contribution in [0.2, 0.25) is 0 Å². The summed E-state index contributed by atoms with van der Waals surface area (Å²) >= 11 is 0. The molecule has 0 amide bonds. The van der Waals surface area contributed by atoms with Gasteiger partial charge in [0, 0.05) is 46.5 Å². The minimum Gasteiger partial charge on any atom is -0.385 e. The lowest BCUT2D eigenvalue weighted by atomic mass is 10.2. The molecular formula is C12H25F3N2O2. The molecule has 0 aromatic rings. The van der Waals surface area contributed by atoms with E-state index in [4.69, 9.17) is 9.47 Å². The Kier molecular flexibility index (Phi) is 10.2. The van der Waals surface area contributed by atoms with Gasteiger partial charge in [-0.1, -0.05) is 0 Å². The summed E-state index contributed by atoms with van der Waals surface area (Å²) in [5.41, 5.74) is 0. The molecule has 0 radical (unpaired) electrons. The predicted octanol–water partition coefficient (Wildman–Crippen LogP) is 1.51. The van der Waals surface area contributed by atoms with Crippen molar-refractivity contribution in [2.24, 2.45) is 0 Å². The Hall–Kier alpha value is -0.370. The number of nitrogens with one attached hydrogen (secondary N) is 1. The molecule has 0 heterocycles. The fourth-order valence-corrected chi connectivity index (χ4v) is 1.72. The first kappa shape index (κ1) is 18.6. The first-order valence-corrected chi connectivity index (χ1v) is 6.40. The van der Waals surface area contributed by atoms with E-state index in [1.807, 2.05) is 6.92 Å². The van der Waals surface area contributed by atoms with Crippen LogP contribution >= 0.6 is 0 Å². The molecule has 0 spiro atoms. The first-order valence-electron chi connectivity index (χ1n) is 6.40. The average Bonchev–Trinajstić information content (AvgIpc) is 2.31. The van der Waals surface area contributed by atoms with Gasteiger partial charge in [-0.05, 0) is 13.3 Å². The van der Waals surface area contributed by atoms with Gasteiger partial charge in [0.1, 0.15) is 0 Å². The molecule has 0 saturated carbocycles.